The van der Waals surface area contributed by atoms with E-state index in [0.717, 1.165) is 77.7 Å². The standard InChI is InChI=1S/C48H30N2O/c1-4-14-31(15-5-1)37-24-38(26-39(25-37)44-30-43(32-16-6-2-7-17-32)49-48(50-44)33-18-8-3-9-19-33)41-28-36-22-12-13-23-40(36)46-42-27-34-20-10-11-21-35(34)29-45(42)51-47(41)46/h1-30H. The van der Waals surface area contributed by atoms with Crippen LogP contribution >= 0.6 is 0 Å². The van der Waals surface area contributed by atoms with E-state index >= 15 is 0 Å². The maximum absolute atomic E-state index is 6.87. The van der Waals surface area contributed by atoms with Crippen molar-refractivity contribution in [2.75, 3.05) is 0 Å². The number of hydrogen-bond donors (Lipinski definition) is 0. The van der Waals surface area contributed by atoms with Crippen molar-refractivity contribution < 1.29 is 4.42 Å². The fourth-order valence-corrected chi connectivity index (χ4v) is 7.32. The van der Waals surface area contributed by atoms with Crippen molar-refractivity contribution in [1.29, 1.82) is 0 Å². The molecule has 3 nitrogen and oxygen atoms in total. The SMILES string of the molecule is c1ccc(-c2cc(-c3cc(-c4ccccc4)nc(-c4ccccc4)n3)cc(-c3cc4ccccc4c4c3oc3cc5ccccc5cc34)c2)cc1. The third-order valence-electron chi connectivity index (χ3n) is 9.81. The summed E-state index contributed by atoms with van der Waals surface area (Å²) in [6.07, 6.45) is 0. The number of benzene rings is 8. The lowest BCUT2D eigenvalue weighted by Crippen LogP contribution is -1.96. The van der Waals surface area contributed by atoms with Crippen LogP contribution in [0.4, 0.5) is 0 Å². The van der Waals surface area contributed by atoms with Crippen LogP contribution in [0, 0.1) is 0 Å². The maximum atomic E-state index is 6.87. The van der Waals surface area contributed by atoms with E-state index in [9.17, 15) is 0 Å². The van der Waals surface area contributed by atoms with Gasteiger partial charge in [0.1, 0.15) is 11.2 Å². The molecule has 10 rings (SSSR count). The van der Waals surface area contributed by atoms with Gasteiger partial charge < -0.3 is 4.42 Å². The van der Waals surface area contributed by atoms with E-state index in [2.05, 4.69) is 158 Å². The van der Waals surface area contributed by atoms with Crippen LogP contribution in [-0.2, 0) is 0 Å². The van der Waals surface area contributed by atoms with Gasteiger partial charge in [-0.25, -0.2) is 9.97 Å². The summed E-state index contributed by atoms with van der Waals surface area (Å²) in [4.78, 5) is 10.3. The van der Waals surface area contributed by atoms with Gasteiger partial charge in [0.15, 0.2) is 5.82 Å². The molecule has 0 aliphatic rings. The molecular formula is C48H30N2O. The summed E-state index contributed by atoms with van der Waals surface area (Å²) in [7, 11) is 0. The molecule has 0 aliphatic carbocycles. The second kappa shape index (κ2) is 11.9. The van der Waals surface area contributed by atoms with E-state index in [4.69, 9.17) is 14.4 Å². The van der Waals surface area contributed by atoms with Crippen LogP contribution in [0.15, 0.2) is 186 Å². The molecule has 0 atom stereocenters. The van der Waals surface area contributed by atoms with Crippen molar-refractivity contribution in [2.45, 2.75) is 0 Å². The van der Waals surface area contributed by atoms with Gasteiger partial charge in [0.2, 0.25) is 0 Å². The quantitative estimate of drug-likeness (QED) is 0.186. The van der Waals surface area contributed by atoms with Crippen molar-refractivity contribution in [3.05, 3.63) is 182 Å². The molecule has 0 saturated heterocycles. The molecular weight excluding hydrogens is 621 g/mol. The summed E-state index contributed by atoms with van der Waals surface area (Å²) in [6, 6.07) is 63.8. The molecule has 0 N–H and O–H groups in total. The van der Waals surface area contributed by atoms with Crippen molar-refractivity contribution in [2.24, 2.45) is 0 Å². The summed E-state index contributed by atoms with van der Waals surface area (Å²) in [5.41, 5.74) is 10.9. The van der Waals surface area contributed by atoms with E-state index in [1.54, 1.807) is 0 Å². The number of aromatic nitrogens is 2. The van der Waals surface area contributed by atoms with Crippen molar-refractivity contribution in [3.8, 4) is 56.2 Å². The molecule has 10 aromatic rings. The molecule has 8 aromatic carbocycles. The molecule has 0 spiro atoms. The highest BCUT2D eigenvalue weighted by Crippen LogP contribution is 2.44. The fraction of sp³-hybridized carbons (Fsp3) is 0. The summed E-state index contributed by atoms with van der Waals surface area (Å²) in [6.45, 7) is 0. The molecule has 0 aliphatic heterocycles. The molecule has 238 valence electrons. The van der Waals surface area contributed by atoms with E-state index in [1.165, 1.54) is 16.2 Å². The second-order valence-electron chi connectivity index (χ2n) is 13.0. The van der Waals surface area contributed by atoms with E-state index in [1.807, 2.05) is 24.3 Å². The van der Waals surface area contributed by atoms with Gasteiger partial charge in [-0.1, -0.05) is 140 Å². The normalized spacial score (nSPS) is 11.5. The van der Waals surface area contributed by atoms with E-state index in [-0.39, 0.29) is 0 Å². The van der Waals surface area contributed by atoms with E-state index in [0.29, 0.717) is 5.82 Å². The van der Waals surface area contributed by atoms with Gasteiger partial charge in [0, 0.05) is 33.0 Å². The number of furan rings is 1. The molecule has 0 saturated carbocycles. The average Bonchev–Trinajstić information content (AvgIpc) is 3.59. The number of hydrogen-bond acceptors (Lipinski definition) is 3. The number of rotatable bonds is 5. The van der Waals surface area contributed by atoms with Crippen molar-refractivity contribution >= 4 is 43.5 Å². The Kier molecular flexibility index (Phi) is 6.81. The first-order valence-electron chi connectivity index (χ1n) is 17.2. The summed E-state index contributed by atoms with van der Waals surface area (Å²) in [5, 5.41) is 6.97. The largest absolute Gasteiger partial charge is 0.455 e. The average molecular weight is 651 g/mol. The monoisotopic (exact) mass is 650 g/mol. The third-order valence-corrected chi connectivity index (χ3v) is 9.81. The van der Waals surface area contributed by atoms with Gasteiger partial charge in [-0.15, -0.1) is 0 Å². The van der Waals surface area contributed by atoms with Crippen LogP contribution in [0.5, 0.6) is 0 Å². The van der Waals surface area contributed by atoms with Crippen LogP contribution in [0.3, 0.4) is 0 Å². The van der Waals surface area contributed by atoms with Gasteiger partial charge in [-0.05, 0) is 80.7 Å². The van der Waals surface area contributed by atoms with Crippen molar-refractivity contribution in [3.63, 3.8) is 0 Å². The first kappa shape index (κ1) is 29.1. The lowest BCUT2D eigenvalue weighted by molar-refractivity contribution is 0.671. The summed E-state index contributed by atoms with van der Waals surface area (Å²) in [5.74, 6) is 0.691. The Bertz CT molecular complexity index is 2840. The third kappa shape index (κ3) is 5.15. The zero-order valence-corrected chi connectivity index (χ0v) is 27.6. The van der Waals surface area contributed by atoms with Gasteiger partial charge >= 0.3 is 0 Å². The predicted molar refractivity (Wildman–Crippen MR) is 212 cm³/mol. The van der Waals surface area contributed by atoms with Crippen LogP contribution in [0.1, 0.15) is 0 Å². The molecule has 3 heteroatoms. The van der Waals surface area contributed by atoms with Crippen LogP contribution in [0.25, 0.3) is 99.6 Å². The minimum atomic E-state index is 0.691. The molecule has 0 radical (unpaired) electrons. The van der Waals surface area contributed by atoms with Crippen LogP contribution in [-0.4, -0.2) is 9.97 Å². The Morgan fingerprint density at radius 3 is 1.63 bits per heavy atom. The van der Waals surface area contributed by atoms with Gasteiger partial charge in [-0.2, -0.15) is 0 Å². The van der Waals surface area contributed by atoms with Gasteiger partial charge in [-0.3, -0.25) is 0 Å². The van der Waals surface area contributed by atoms with Gasteiger partial charge in [0.05, 0.1) is 11.4 Å². The maximum Gasteiger partial charge on any atom is 0.160 e. The first-order valence-corrected chi connectivity index (χ1v) is 17.2. The smallest absolute Gasteiger partial charge is 0.160 e. The molecule has 0 fully saturated rings. The Morgan fingerprint density at radius 1 is 0.353 bits per heavy atom. The fourth-order valence-electron chi connectivity index (χ4n) is 7.32. The molecule has 0 bridgehead atoms. The molecule has 0 unspecified atom stereocenters. The minimum Gasteiger partial charge on any atom is -0.455 e. The molecule has 0 amide bonds. The Labute approximate surface area is 295 Å². The van der Waals surface area contributed by atoms with Crippen LogP contribution in [0.2, 0.25) is 0 Å². The molecule has 2 heterocycles. The summed E-state index contributed by atoms with van der Waals surface area (Å²) < 4.78 is 6.87. The highest BCUT2D eigenvalue weighted by Gasteiger charge is 2.19. The molecule has 2 aromatic heterocycles. The predicted octanol–water partition coefficient (Wildman–Crippen LogP) is 13.0. The number of fused-ring (bicyclic) bond motifs is 6. The topological polar surface area (TPSA) is 38.9 Å². The zero-order chi connectivity index (χ0) is 33.7. The Hall–Kier alpha value is -6.84. The zero-order valence-electron chi connectivity index (χ0n) is 27.6. The lowest BCUT2D eigenvalue weighted by Gasteiger charge is -2.14. The second-order valence-corrected chi connectivity index (χ2v) is 13.0. The van der Waals surface area contributed by atoms with Crippen molar-refractivity contribution in [1.82, 2.24) is 9.97 Å². The Balaban J connectivity index is 1.27. The van der Waals surface area contributed by atoms with Gasteiger partial charge in [0.25, 0.3) is 0 Å². The molecule has 51 heavy (non-hydrogen) atoms. The van der Waals surface area contributed by atoms with Crippen LogP contribution < -0.4 is 0 Å². The summed E-state index contributed by atoms with van der Waals surface area (Å²) >= 11 is 0. The first-order chi connectivity index (χ1) is 25.2. The number of nitrogens with zero attached hydrogens (tertiary/aromatic N) is 2. The minimum absolute atomic E-state index is 0.691. The lowest BCUT2D eigenvalue weighted by atomic mass is 9.91. The Morgan fingerprint density at radius 2 is 0.902 bits per heavy atom. The van der Waals surface area contributed by atoms with E-state index < -0.39 is 0 Å². The highest BCUT2D eigenvalue weighted by molar-refractivity contribution is 6.24. The highest BCUT2D eigenvalue weighted by atomic mass is 16.3.